The number of benzene rings is 1. The number of guanidine groups is 1. The maximum atomic E-state index is 12.5. The second kappa shape index (κ2) is 13.4. The van der Waals surface area contributed by atoms with Crippen LogP contribution in [0.2, 0.25) is 0 Å². The van der Waals surface area contributed by atoms with E-state index >= 15 is 0 Å². The van der Waals surface area contributed by atoms with Crippen LogP contribution >= 0.6 is 24.0 Å². The Morgan fingerprint density at radius 1 is 1.07 bits per heavy atom. The van der Waals surface area contributed by atoms with Gasteiger partial charge in [0.1, 0.15) is 0 Å². The molecule has 0 fully saturated rings. The van der Waals surface area contributed by atoms with E-state index in [0.717, 1.165) is 19.5 Å². The van der Waals surface area contributed by atoms with E-state index in [4.69, 9.17) is 0 Å². The van der Waals surface area contributed by atoms with Crippen molar-refractivity contribution >= 4 is 40.0 Å². The molecule has 0 saturated carbocycles. The third-order valence-corrected chi connectivity index (χ3v) is 6.53. The Labute approximate surface area is 194 Å². The molecule has 0 saturated heterocycles. The van der Waals surface area contributed by atoms with Crippen LogP contribution in [0.15, 0.2) is 34.2 Å². The van der Waals surface area contributed by atoms with Crippen LogP contribution in [0.4, 0.5) is 0 Å². The summed E-state index contributed by atoms with van der Waals surface area (Å²) in [5.74, 6) is 0.665. The topological polar surface area (TPSA) is 77.0 Å². The molecule has 9 heteroatoms. The number of aliphatic imine (C=N–C) groups is 1. The molecular weight excluding hydrogens is 501 g/mol. The van der Waals surface area contributed by atoms with Gasteiger partial charge >= 0.3 is 0 Å². The molecule has 0 spiro atoms. The molecule has 0 aliphatic rings. The summed E-state index contributed by atoms with van der Waals surface area (Å²) in [7, 11) is 1.31. The Hall–Kier alpha value is -0.910. The van der Waals surface area contributed by atoms with Crippen molar-refractivity contribution in [3.8, 4) is 0 Å². The van der Waals surface area contributed by atoms with Gasteiger partial charge in [-0.2, -0.15) is 0 Å². The lowest BCUT2D eigenvalue weighted by molar-refractivity contribution is 0.173. The Bertz CT molecular complexity index is 728. The largest absolute Gasteiger partial charge is 0.356 e. The minimum Gasteiger partial charge on any atom is -0.356 e. The van der Waals surface area contributed by atoms with Crippen LogP contribution in [0, 0.1) is 0 Å². The van der Waals surface area contributed by atoms with Crippen LogP contribution < -0.4 is 10.6 Å². The molecule has 1 aromatic rings. The predicted molar refractivity (Wildman–Crippen MR) is 133 cm³/mol. The molecule has 168 valence electrons. The molecule has 1 rings (SSSR count). The van der Waals surface area contributed by atoms with Crippen molar-refractivity contribution in [3.63, 3.8) is 0 Å². The highest BCUT2D eigenvalue weighted by molar-refractivity contribution is 14.0. The molecule has 0 heterocycles. The van der Waals surface area contributed by atoms with E-state index < -0.39 is 10.0 Å². The first-order chi connectivity index (χ1) is 13.1. The minimum atomic E-state index is -3.48. The quantitative estimate of drug-likeness (QED) is 0.207. The van der Waals surface area contributed by atoms with Crippen molar-refractivity contribution in [2.75, 3.05) is 34.2 Å². The zero-order chi connectivity index (χ0) is 21.3. The smallest absolute Gasteiger partial charge is 0.242 e. The van der Waals surface area contributed by atoms with Crippen molar-refractivity contribution < 1.29 is 8.42 Å². The number of hydrogen-bond acceptors (Lipinski definition) is 4. The third kappa shape index (κ3) is 8.77. The van der Waals surface area contributed by atoms with E-state index in [0.29, 0.717) is 35.0 Å². The molecule has 0 aliphatic carbocycles. The van der Waals surface area contributed by atoms with Crippen LogP contribution in [0.1, 0.15) is 39.7 Å². The molecular formula is C20H38IN5O2S. The van der Waals surface area contributed by atoms with Gasteiger partial charge in [0.25, 0.3) is 0 Å². The van der Waals surface area contributed by atoms with Gasteiger partial charge in [-0.25, -0.2) is 12.7 Å². The molecule has 0 aliphatic heterocycles. The lowest BCUT2D eigenvalue weighted by atomic mass is 10.2. The molecule has 7 nitrogen and oxygen atoms in total. The fourth-order valence-corrected chi connectivity index (χ4v) is 4.19. The summed E-state index contributed by atoms with van der Waals surface area (Å²) in [6.45, 7) is 11.1. The van der Waals surface area contributed by atoms with E-state index in [1.54, 1.807) is 19.2 Å². The highest BCUT2D eigenvalue weighted by atomic mass is 127. The van der Waals surface area contributed by atoms with Gasteiger partial charge in [0.05, 0.1) is 4.90 Å². The number of sulfonamides is 1. The summed E-state index contributed by atoms with van der Waals surface area (Å²) in [5, 5.41) is 6.52. The first-order valence-electron chi connectivity index (χ1n) is 9.82. The van der Waals surface area contributed by atoms with Crippen molar-refractivity contribution in [1.29, 1.82) is 0 Å². The van der Waals surface area contributed by atoms with Crippen molar-refractivity contribution in [2.45, 2.75) is 57.6 Å². The van der Waals surface area contributed by atoms with Gasteiger partial charge in [-0.3, -0.25) is 9.89 Å². The Balaban J connectivity index is 0.00000784. The van der Waals surface area contributed by atoms with Gasteiger partial charge < -0.3 is 10.6 Å². The van der Waals surface area contributed by atoms with Gasteiger partial charge in [0.15, 0.2) is 5.96 Å². The summed E-state index contributed by atoms with van der Waals surface area (Å²) < 4.78 is 26.2. The fourth-order valence-electron chi connectivity index (χ4n) is 3.08. The summed E-state index contributed by atoms with van der Waals surface area (Å²) in [6.07, 6.45) is 1.00. The molecule has 0 bridgehead atoms. The zero-order valence-corrected chi connectivity index (χ0v) is 21.9. The van der Waals surface area contributed by atoms with Gasteiger partial charge in [-0.1, -0.05) is 18.2 Å². The van der Waals surface area contributed by atoms with E-state index in [9.17, 15) is 8.42 Å². The number of nitrogens with zero attached hydrogens (tertiary/aromatic N) is 3. The van der Waals surface area contributed by atoms with E-state index in [1.165, 1.54) is 18.4 Å². The molecule has 0 radical (unpaired) electrons. The lowest BCUT2D eigenvalue weighted by Crippen LogP contribution is -2.41. The van der Waals surface area contributed by atoms with Crippen LogP contribution in [0.25, 0.3) is 0 Å². The first-order valence-corrected chi connectivity index (χ1v) is 11.3. The summed E-state index contributed by atoms with van der Waals surface area (Å²) in [6, 6.07) is 8.07. The predicted octanol–water partition coefficient (Wildman–Crippen LogP) is 2.73. The Morgan fingerprint density at radius 3 is 2.17 bits per heavy atom. The molecule has 0 amide bonds. The molecule has 1 aromatic carbocycles. The van der Waals surface area contributed by atoms with Gasteiger partial charge in [0, 0.05) is 52.9 Å². The fraction of sp³-hybridized carbons (Fsp3) is 0.650. The van der Waals surface area contributed by atoms with Gasteiger partial charge in [-0.15, -0.1) is 24.0 Å². The van der Waals surface area contributed by atoms with E-state index in [1.807, 2.05) is 12.1 Å². The highest BCUT2D eigenvalue weighted by Gasteiger charge is 2.20. The monoisotopic (exact) mass is 539 g/mol. The lowest BCUT2D eigenvalue weighted by Gasteiger charge is -2.30. The standard InChI is InChI=1S/C20H37N5O2S.HI/c1-16(2)25(17(3)4)14-10-13-22-20(21-5)23-15-18-11-8-9-12-19(18)28(26,27)24(6)7;/h8-9,11-12,16-17H,10,13-15H2,1-7H3,(H2,21,22,23);1H. The number of hydrogen-bond donors (Lipinski definition) is 2. The number of rotatable bonds is 10. The SMILES string of the molecule is CN=C(NCCCN(C(C)C)C(C)C)NCc1ccccc1S(=O)(=O)N(C)C.I. The van der Waals surface area contributed by atoms with Crippen molar-refractivity contribution in [1.82, 2.24) is 19.8 Å². The first kappa shape index (κ1) is 28.1. The maximum absolute atomic E-state index is 12.5. The van der Waals surface area contributed by atoms with Gasteiger partial charge in [-0.05, 0) is 45.7 Å². The summed E-state index contributed by atoms with van der Waals surface area (Å²) >= 11 is 0. The minimum absolute atomic E-state index is 0. The van der Waals surface area contributed by atoms with Crippen LogP contribution in [-0.2, 0) is 16.6 Å². The molecule has 29 heavy (non-hydrogen) atoms. The second-order valence-corrected chi connectivity index (χ2v) is 9.65. The third-order valence-electron chi connectivity index (χ3n) is 4.61. The van der Waals surface area contributed by atoms with Crippen LogP contribution in [-0.4, -0.2) is 69.9 Å². The number of nitrogens with one attached hydrogen (secondary N) is 2. The maximum Gasteiger partial charge on any atom is 0.242 e. The Kier molecular flexibility index (Phi) is 13.0. The average Bonchev–Trinajstić information content (AvgIpc) is 2.63. The number of halogens is 1. The summed E-state index contributed by atoms with van der Waals surface area (Å²) in [4.78, 5) is 7.01. The molecule has 0 atom stereocenters. The molecule has 2 N–H and O–H groups in total. The zero-order valence-electron chi connectivity index (χ0n) is 18.8. The Morgan fingerprint density at radius 2 is 1.66 bits per heavy atom. The molecule has 0 unspecified atom stereocenters. The van der Waals surface area contributed by atoms with Crippen LogP contribution in [0.3, 0.4) is 0 Å². The van der Waals surface area contributed by atoms with Gasteiger partial charge in [0.2, 0.25) is 10.0 Å². The summed E-state index contributed by atoms with van der Waals surface area (Å²) in [5.41, 5.74) is 0.713. The molecule has 0 aromatic heterocycles. The van der Waals surface area contributed by atoms with E-state index in [2.05, 4.69) is 48.2 Å². The normalized spacial score (nSPS) is 12.6. The van der Waals surface area contributed by atoms with E-state index in [-0.39, 0.29) is 24.0 Å². The van der Waals surface area contributed by atoms with Crippen molar-refractivity contribution in [2.24, 2.45) is 4.99 Å². The average molecular weight is 540 g/mol. The highest BCUT2D eigenvalue weighted by Crippen LogP contribution is 2.18. The second-order valence-electron chi connectivity index (χ2n) is 7.53. The van der Waals surface area contributed by atoms with Crippen LogP contribution in [0.5, 0.6) is 0 Å². The van der Waals surface area contributed by atoms with Crippen molar-refractivity contribution in [3.05, 3.63) is 29.8 Å².